The van der Waals surface area contributed by atoms with Crippen LogP contribution in [-0.4, -0.2) is 66.0 Å². The van der Waals surface area contributed by atoms with Crippen LogP contribution in [0.25, 0.3) is 0 Å². The number of aromatic nitrogens is 1. The predicted molar refractivity (Wildman–Crippen MR) is 162 cm³/mol. The Morgan fingerprint density at radius 1 is 0.897 bits per heavy atom. The molecule has 1 N–H and O–H groups in total. The number of piperazine rings is 1. The average Bonchev–Trinajstić information content (AvgIpc) is 2.95. The lowest BCUT2D eigenvalue weighted by Gasteiger charge is -2.43. The lowest BCUT2D eigenvalue weighted by Crippen LogP contribution is -2.53. The third kappa shape index (κ3) is 7.24. The molecule has 3 heterocycles. The van der Waals surface area contributed by atoms with Crippen LogP contribution in [0.15, 0.2) is 54.7 Å². The molecule has 2 aromatic carbocycles. The maximum atomic E-state index is 12.7. The van der Waals surface area contributed by atoms with Crippen LogP contribution in [-0.2, 0) is 13.1 Å². The summed E-state index contributed by atoms with van der Waals surface area (Å²) in [5, 5.41) is 4.33. The van der Waals surface area contributed by atoms with Gasteiger partial charge in [-0.2, -0.15) is 0 Å². The van der Waals surface area contributed by atoms with E-state index in [1.807, 2.05) is 6.07 Å². The van der Waals surface area contributed by atoms with Gasteiger partial charge in [0.05, 0.1) is 20.6 Å². The van der Waals surface area contributed by atoms with Gasteiger partial charge < -0.3 is 10.2 Å². The molecule has 2 fully saturated rings. The molecule has 9 heteroatoms. The number of nitrogens with zero attached hydrogens (tertiary/aromatic N) is 4. The van der Waals surface area contributed by atoms with E-state index in [9.17, 15) is 4.79 Å². The van der Waals surface area contributed by atoms with Gasteiger partial charge in [-0.1, -0.05) is 70.7 Å². The van der Waals surface area contributed by atoms with Gasteiger partial charge in [-0.25, -0.2) is 4.98 Å². The first-order chi connectivity index (χ1) is 18.9. The molecule has 0 saturated carbocycles. The summed E-state index contributed by atoms with van der Waals surface area (Å²) < 4.78 is 0. The Bertz CT molecular complexity index is 1290. The first-order valence-corrected chi connectivity index (χ1v) is 14.6. The number of hydrogen-bond donors (Lipinski definition) is 1. The maximum Gasteiger partial charge on any atom is 0.253 e. The molecule has 0 bridgehead atoms. The zero-order valence-electron chi connectivity index (χ0n) is 22.2. The van der Waals surface area contributed by atoms with Crippen LogP contribution in [0, 0.1) is 6.92 Å². The molecule has 1 amide bonds. The van der Waals surface area contributed by atoms with Crippen molar-refractivity contribution in [1.29, 1.82) is 0 Å². The molecular formula is C30H36Cl3N5O. The minimum absolute atomic E-state index is 0. The number of halogens is 3. The molecule has 39 heavy (non-hydrogen) atoms. The lowest BCUT2D eigenvalue weighted by atomic mass is 10.0. The number of aryl methyl sites for hydroxylation is 1. The summed E-state index contributed by atoms with van der Waals surface area (Å²) in [6.45, 7) is 9.52. The molecule has 2 saturated heterocycles. The minimum atomic E-state index is -0.236. The Balaban J connectivity index is 0.00000370. The van der Waals surface area contributed by atoms with Crippen molar-refractivity contribution in [1.82, 2.24) is 20.1 Å². The molecule has 1 aromatic heterocycles. The number of hydrogen-bond acceptors (Lipinski definition) is 5. The van der Waals surface area contributed by atoms with Crippen molar-refractivity contribution in [3.63, 3.8) is 0 Å². The Labute approximate surface area is 247 Å². The summed E-state index contributed by atoms with van der Waals surface area (Å²) in [7, 11) is 0. The van der Waals surface area contributed by atoms with Crippen molar-refractivity contribution < 1.29 is 6.22 Å². The number of amides is 1. The van der Waals surface area contributed by atoms with E-state index in [4.69, 9.17) is 34.8 Å². The van der Waals surface area contributed by atoms with E-state index in [1.165, 1.54) is 24.0 Å². The van der Waals surface area contributed by atoms with Crippen LogP contribution in [0.3, 0.4) is 0 Å². The highest BCUT2D eigenvalue weighted by atomic mass is 35.5. The number of rotatable bonds is 7. The molecule has 0 atom stereocenters. The second kappa shape index (κ2) is 12.9. The van der Waals surface area contributed by atoms with Gasteiger partial charge in [0.25, 0.3) is 5.91 Å². The SMILES string of the molecule is Cc1ccc(CN2CCC(N3CCN(c4ncc(C(=O)NCc5ccc(Cl)c(Cl)c5)cc4Cl)CC3)CC2)cc1.[HH]. The highest BCUT2D eigenvalue weighted by molar-refractivity contribution is 6.42. The second-order valence-corrected chi connectivity index (χ2v) is 11.7. The Morgan fingerprint density at radius 2 is 1.59 bits per heavy atom. The van der Waals surface area contributed by atoms with Crippen LogP contribution >= 0.6 is 34.8 Å². The topological polar surface area (TPSA) is 51.7 Å². The summed E-state index contributed by atoms with van der Waals surface area (Å²) in [4.78, 5) is 24.7. The van der Waals surface area contributed by atoms with Crippen molar-refractivity contribution in [3.05, 3.63) is 92.0 Å². The van der Waals surface area contributed by atoms with E-state index in [0.717, 1.165) is 57.2 Å². The van der Waals surface area contributed by atoms with Gasteiger partial charge in [0.15, 0.2) is 0 Å². The van der Waals surface area contributed by atoms with Gasteiger partial charge >= 0.3 is 0 Å². The lowest BCUT2D eigenvalue weighted by molar-refractivity contribution is 0.0950. The first kappa shape index (κ1) is 28.2. The standard InChI is InChI=1S/C30H34Cl3N5O.H2/c1-21-2-4-22(5-3-21)20-36-10-8-25(9-11-36)37-12-14-38(15-13-37)29-28(33)17-24(19-34-29)30(39)35-18-23-6-7-26(31)27(32)16-23;/h2-7,16-17,19,25H,8-15,18,20H2,1H3,(H,35,39);1H. The molecule has 0 unspecified atom stereocenters. The van der Waals surface area contributed by atoms with Gasteiger partial charge in [-0.3, -0.25) is 14.6 Å². The third-order valence-corrected chi connectivity index (χ3v) is 8.75. The van der Waals surface area contributed by atoms with E-state index in [0.29, 0.717) is 33.2 Å². The fraction of sp³-hybridized carbons (Fsp3) is 0.400. The monoisotopic (exact) mass is 587 g/mol. The smallest absolute Gasteiger partial charge is 0.253 e. The van der Waals surface area contributed by atoms with E-state index < -0.39 is 0 Å². The van der Waals surface area contributed by atoms with Gasteiger partial charge in [-0.05, 0) is 62.2 Å². The van der Waals surface area contributed by atoms with Crippen molar-refractivity contribution >= 4 is 46.5 Å². The molecule has 3 aromatic rings. The quantitative estimate of drug-likeness (QED) is 0.350. The normalized spacial score (nSPS) is 17.4. The molecule has 6 nitrogen and oxygen atoms in total. The average molecular weight is 589 g/mol. The van der Waals surface area contributed by atoms with Crippen LogP contribution in [0.5, 0.6) is 0 Å². The summed E-state index contributed by atoms with van der Waals surface area (Å²) in [5.74, 6) is 0.505. The maximum absolute atomic E-state index is 12.7. The van der Waals surface area contributed by atoms with Crippen LogP contribution in [0.1, 0.15) is 41.3 Å². The fourth-order valence-corrected chi connectivity index (χ4v) is 6.02. The van der Waals surface area contributed by atoms with Crippen LogP contribution in [0.4, 0.5) is 5.82 Å². The summed E-state index contributed by atoms with van der Waals surface area (Å²) in [6, 6.07) is 16.5. The summed E-state index contributed by atoms with van der Waals surface area (Å²) in [6.07, 6.45) is 4.01. The number of likely N-dealkylation sites (tertiary alicyclic amines) is 1. The van der Waals surface area contributed by atoms with Gasteiger partial charge in [-0.15, -0.1) is 0 Å². The Hall–Kier alpha value is -2.35. The van der Waals surface area contributed by atoms with Gasteiger partial charge in [0.2, 0.25) is 0 Å². The van der Waals surface area contributed by atoms with E-state index >= 15 is 0 Å². The van der Waals surface area contributed by atoms with Crippen molar-refractivity contribution in [2.24, 2.45) is 0 Å². The Kier molecular flexibility index (Phi) is 9.31. The third-order valence-electron chi connectivity index (χ3n) is 7.74. The molecule has 2 aliphatic heterocycles. The van der Waals surface area contributed by atoms with Crippen molar-refractivity contribution in [3.8, 4) is 0 Å². The largest absolute Gasteiger partial charge is 0.353 e. The molecule has 2 aliphatic rings. The van der Waals surface area contributed by atoms with Crippen molar-refractivity contribution in [2.75, 3.05) is 44.2 Å². The van der Waals surface area contributed by atoms with E-state index in [-0.39, 0.29) is 7.33 Å². The molecule has 0 radical (unpaired) electrons. The molecule has 0 spiro atoms. The van der Waals surface area contributed by atoms with Crippen LogP contribution in [0.2, 0.25) is 15.1 Å². The molecule has 5 rings (SSSR count). The minimum Gasteiger partial charge on any atom is -0.353 e. The highest BCUT2D eigenvalue weighted by Crippen LogP contribution is 2.27. The number of carbonyl (C=O) groups excluding carboxylic acids is 1. The van der Waals surface area contributed by atoms with Crippen LogP contribution < -0.4 is 10.2 Å². The zero-order valence-corrected chi connectivity index (χ0v) is 24.4. The molecule has 0 aliphatic carbocycles. The predicted octanol–water partition coefficient (Wildman–Crippen LogP) is 6.31. The van der Waals surface area contributed by atoms with E-state index in [1.54, 1.807) is 24.4 Å². The van der Waals surface area contributed by atoms with Crippen molar-refractivity contribution in [2.45, 2.75) is 38.9 Å². The zero-order chi connectivity index (χ0) is 27.4. The Morgan fingerprint density at radius 3 is 2.26 bits per heavy atom. The van der Waals surface area contributed by atoms with Gasteiger partial charge in [0.1, 0.15) is 5.82 Å². The van der Waals surface area contributed by atoms with E-state index in [2.05, 4.69) is 56.2 Å². The second-order valence-electron chi connectivity index (χ2n) is 10.5. The summed E-state index contributed by atoms with van der Waals surface area (Å²) >= 11 is 18.6. The first-order valence-electron chi connectivity index (χ1n) is 13.5. The number of pyridine rings is 1. The summed E-state index contributed by atoms with van der Waals surface area (Å²) in [5.41, 5.74) is 4.00. The molecular weight excluding hydrogens is 553 g/mol. The van der Waals surface area contributed by atoms with Gasteiger partial charge in [0, 0.05) is 52.9 Å². The number of benzene rings is 2. The highest BCUT2D eigenvalue weighted by Gasteiger charge is 2.28. The molecule has 208 valence electrons. The number of piperidine rings is 1. The number of carbonyl (C=O) groups is 1. The fourth-order valence-electron chi connectivity index (χ4n) is 5.41. The number of anilines is 1. The number of nitrogens with one attached hydrogen (secondary N) is 1.